The average Bonchev–Trinajstić information content (AvgIpc) is 3.53. The number of rotatable bonds is 10. The maximum atomic E-state index is 13.7. The second kappa shape index (κ2) is 12.9. The maximum Gasteiger partial charge on any atom is 0.350 e. The van der Waals surface area contributed by atoms with Gasteiger partial charge in [-0.2, -0.15) is 0 Å². The van der Waals surface area contributed by atoms with E-state index in [-0.39, 0.29) is 21.3 Å². The summed E-state index contributed by atoms with van der Waals surface area (Å²) in [5.74, 6) is -1.14. The number of ether oxygens (including phenoxy) is 3. The third-order valence-electron chi connectivity index (χ3n) is 6.83. The van der Waals surface area contributed by atoms with Crippen LogP contribution in [0.15, 0.2) is 84.4 Å². The predicted molar refractivity (Wildman–Crippen MR) is 163 cm³/mol. The van der Waals surface area contributed by atoms with Crippen molar-refractivity contribution in [3.8, 4) is 17.2 Å². The number of aromatic nitrogens is 1. The molecule has 0 radical (unpaired) electrons. The minimum absolute atomic E-state index is 0.120. The molecule has 1 fully saturated rings. The molecule has 1 saturated heterocycles. The Morgan fingerprint density at radius 3 is 2.44 bits per heavy atom. The molecule has 1 aromatic heterocycles. The van der Waals surface area contributed by atoms with Crippen molar-refractivity contribution in [1.82, 2.24) is 4.98 Å². The number of nitrogens with zero attached hydrogens (tertiary/aromatic N) is 2. The number of methoxy groups -OCH3 is 1. The molecule has 220 valence electrons. The summed E-state index contributed by atoms with van der Waals surface area (Å²) in [4.78, 5) is 45.5. The van der Waals surface area contributed by atoms with Gasteiger partial charge in [0.1, 0.15) is 27.9 Å². The molecule has 1 N–H and O–H groups in total. The van der Waals surface area contributed by atoms with Gasteiger partial charge in [-0.05, 0) is 55.3 Å². The fraction of sp³-hybridized carbons (Fsp3) is 0.212. The lowest BCUT2D eigenvalue weighted by atomic mass is 9.95. The van der Waals surface area contributed by atoms with E-state index in [1.165, 1.54) is 12.0 Å². The molecule has 4 aromatic rings. The topological polar surface area (TPSA) is 115 Å². The van der Waals surface area contributed by atoms with Gasteiger partial charge in [0.05, 0.1) is 31.0 Å². The van der Waals surface area contributed by atoms with Crippen molar-refractivity contribution in [3.05, 3.63) is 106 Å². The van der Waals surface area contributed by atoms with Crippen LogP contribution in [0.2, 0.25) is 0 Å². The summed E-state index contributed by atoms with van der Waals surface area (Å²) >= 11 is 0.935. The molecule has 2 heterocycles. The number of para-hydroxylation sites is 1. The number of benzene rings is 3. The van der Waals surface area contributed by atoms with E-state index in [0.717, 1.165) is 24.2 Å². The summed E-state index contributed by atoms with van der Waals surface area (Å²) in [6.45, 7) is 4.18. The Balaban J connectivity index is 1.64. The van der Waals surface area contributed by atoms with Gasteiger partial charge in [-0.1, -0.05) is 67.1 Å². The highest BCUT2D eigenvalue weighted by Gasteiger charge is 2.48. The van der Waals surface area contributed by atoms with Crippen LogP contribution in [0.5, 0.6) is 17.2 Å². The highest BCUT2D eigenvalue weighted by Crippen LogP contribution is 2.45. The maximum absolute atomic E-state index is 13.7. The summed E-state index contributed by atoms with van der Waals surface area (Å²) in [5, 5.41) is 11.7. The number of carbonyl (C=O) groups is 3. The van der Waals surface area contributed by atoms with Gasteiger partial charge in [-0.3, -0.25) is 14.5 Å². The van der Waals surface area contributed by atoms with Crippen molar-refractivity contribution in [2.75, 3.05) is 18.6 Å². The zero-order valence-corrected chi connectivity index (χ0v) is 24.7. The van der Waals surface area contributed by atoms with Crippen LogP contribution in [0, 0.1) is 6.92 Å². The first kappa shape index (κ1) is 29.5. The molecular formula is C33H30N2O7S. The van der Waals surface area contributed by atoms with E-state index in [1.807, 2.05) is 18.2 Å². The molecule has 1 aliphatic heterocycles. The summed E-state index contributed by atoms with van der Waals surface area (Å²) < 4.78 is 16.7. The number of esters is 1. The van der Waals surface area contributed by atoms with E-state index >= 15 is 0 Å². The van der Waals surface area contributed by atoms with Gasteiger partial charge >= 0.3 is 11.9 Å². The highest BCUT2D eigenvalue weighted by molar-refractivity contribution is 7.17. The van der Waals surface area contributed by atoms with Crippen molar-refractivity contribution >= 4 is 39.9 Å². The predicted octanol–water partition coefficient (Wildman–Crippen LogP) is 6.84. The summed E-state index contributed by atoms with van der Waals surface area (Å²) in [6, 6.07) is 21.8. The molecule has 1 atom stereocenters. The van der Waals surface area contributed by atoms with Gasteiger partial charge in [0.2, 0.25) is 0 Å². The van der Waals surface area contributed by atoms with Gasteiger partial charge < -0.3 is 19.3 Å². The van der Waals surface area contributed by atoms with E-state index in [2.05, 4.69) is 11.9 Å². The SMILES string of the molecule is CCCCOc1cccc(C(O)=C2C(=O)C(=O)N(c3nc(C)c(C(=O)OC)s3)C2c2cccc(Oc3ccccc3)c2)c1. The normalized spacial score (nSPS) is 15.9. The summed E-state index contributed by atoms with van der Waals surface area (Å²) in [7, 11) is 1.26. The molecule has 0 saturated carbocycles. The van der Waals surface area contributed by atoms with Crippen LogP contribution in [-0.2, 0) is 14.3 Å². The summed E-state index contributed by atoms with van der Waals surface area (Å²) in [5.41, 5.74) is 1.04. The van der Waals surface area contributed by atoms with Crippen LogP contribution >= 0.6 is 11.3 Å². The van der Waals surface area contributed by atoms with Crippen LogP contribution in [0.25, 0.3) is 5.76 Å². The number of aliphatic hydroxyl groups excluding tert-OH is 1. The van der Waals surface area contributed by atoms with Crippen LogP contribution in [0.4, 0.5) is 5.13 Å². The molecule has 10 heteroatoms. The smallest absolute Gasteiger partial charge is 0.350 e. The van der Waals surface area contributed by atoms with E-state index in [1.54, 1.807) is 67.6 Å². The first-order valence-corrected chi connectivity index (χ1v) is 14.6. The summed E-state index contributed by atoms with van der Waals surface area (Å²) in [6.07, 6.45) is 1.83. The number of aryl methyl sites for hydroxylation is 1. The van der Waals surface area contributed by atoms with Crippen molar-refractivity contribution in [2.24, 2.45) is 0 Å². The monoisotopic (exact) mass is 598 g/mol. The average molecular weight is 599 g/mol. The second-order valence-corrected chi connectivity index (χ2v) is 10.8. The van der Waals surface area contributed by atoms with E-state index in [9.17, 15) is 19.5 Å². The fourth-order valence-corrected chi connectivity index (χ4v) is 5.72. The van der Waals surface area contributed by atoms with Crippen LogP contribution in [0.1, 0.15) is 52.3 Å². The number of unbranched alkanes of at least 4 members (excludes halogenated alkanes) is 1. The van der Waals surface area contributed by atoms with Crippen molar-refractivity contribution in [1.29, 1.82) is 0 Å². The lowest BCUT2D eigenvalue weighted by molar-refractivity contribution is -0.132. The standard InChI is InChI=1S/C33H30N2O7S/c1-4-5-17-41-24-15-10-12-22(19-24)28(36)26-27(21-11-9-16-25(18-21)42-23-13-7-6-8-14-23)35(31(38)29(26)37)33-34-20(2)30(43-33)32(39)40-3/h6-16,18-19,27,36H,4-5,17H2,1-3H3. The quantitative estimate of drug-likeness (QED) is 0.0694. The minimum Gasteiger partial charge on any atom is -0.507 e. The Hall–Kier alpha value is -4.96. The van der Waals surface area contributed by atoms with Crippen LogP contribution in [-0.4, -0.2) is 41.5 Å². The van der Waals surface area contributed by atoms with Crippen LogP contribution < -0.4 is 14.4 Å². The molecular weight excluding hydrogens is 568 g/mol. The molecule has 3 aromatic carbocycles. The van der Waals surface area contributed by atoms with Gasteiger partial charge in [0, 0.05) is 5.56 Å². The van der Waals surface area contributed by atoms with Crippen molar-refractivity contribution in [3.63, 3.8) is 0 Å². The lowest BCUT2D eigenvalue weighted by Gasteiger charge is -2.23. The zero-order valence-electron chi connectivity index (χ0n) is 23.9. The number of anilines is 1. The molecule has 0 aliphatic carbocycles. The molecule has 1 aliphatic rings. The second-order valence-electron chi connectivity index (χ2n) is 9.79. The number of thiazole rings is 1. The van der Waals surface area contributed by atoms with Gasteiger partial charge in [0.15, 0.2) is 5.13 Å². The Bertz CT molecular complexity index is 1700. The zero-order chi connectivity index (χ0) is 30.5. The third kappa shape index (κ3) is 6.14. The number of ketones is 1. The molecule has 0 spiro atoms. The minimum atomic E-state index is -1.07. The number of hydrogen-bond acceptors (Lipinski definition) is 9. The van der Waals surface area contributed by atoms with Crippen molar-refractivity contribution < 1.29 is 33.7 Å². The Morgan fingerprint density at radius 2 is 1.70 bits per heavy atom. The molecule has 1 unspecified atom stereocenters. The number of aliphatic hydroxyl groups is 1. The fourth-order valence-electron chi connectivity index (χ4n) is 4.71. The van der Waals surface area contributed by atoms with E-state index in [4.69, 9.17) is 14.2 Å². The molecule has 9 nitrogen and oxygen atoms in total. The molecule has 1 amide bonds. The Morgan fingerprint density at radius 1 is 0.977 bits per heavy atom. The number of hydrogen-bond donors (Lipinski definition) is 1. The first-order chi connectivity index (χ1) is 20.8. The third-order valence-corrected chi connectivity index (χ3v) is 7.97. The van der Waals surface area contributed by atoms with Gasteiger partial charge in [-0.25, -0.2) is 9.78 Å². The molecule has 5 rings (SSSR count). The highest BCUT2D eigenvalue weighted by atomic mass is 32.1. The first-order valence-electron chi connectivity index (χ1n) is 13.7. The molecule has 43 heavy (non-hydrogen) atoms. The number of carbonyl (C=O) groups excluding carboxylic acids is 3. The van der Waals surface area contributed by atoms with Crippen LogP contribution in [0.3, 0.4) is 0 Å². The van der Waals surface area contributed by atoms with Crippen molar-refractivity contribution in [2.45, 2.75) is 32.7 Å². The lowest BCUT2D eigenvalue weighted by Crippen LogP contribution is -2.29. The van der Waals surface area contributed by atoms with E-state index < -0.39 is 23.7 Å². The largest absolute Gasteiger partial charge is 0.507 e. The van der Waals surface area contributed by atoms with Gasteiger partial charge in [0.25, 0.3) is 5.78 Å². The molecule has 0 bridgehead atoms. The van der Waals surface area contributed by atoms with E-state index in [0.29, 0.717) is 40.7 Å². The number of amides is 1. The Labute approximate surface area is 253 Å². The van der Waals surface area contributed by atoms with Gasteiger partial charge in [-0.15, -0.1) is 0 Å². The Kier molecular flexibility index (Phi) is 8.87. The number of Topliss-reactive ketones (excluding diaryl/α,β-unsaturated/α-hetero) is 1.